The Labute approximate surface area is 111 Å². The summed E-state index contributed by atoms with van der Waals surface area (Å²) in [7, 11) is 0. The third kappa shape index (κ3) is 2.79. The van der Waals surface area contributed by atoms with Crippen LogP contribution in [0.3, 0.4) is 0 Å². The number of nitrogens with one attached hydrogen (secondary N) is 1. The normalized spacial score (nSPS) is 10.4. The molecule has 94 valence electrons. The number of phenols is 1. The van der Waals surface area contributed by atoms with Gasteiger partial charge >= 0.3 is 0 Å². The molecule has 0 saturated heterocycles. The minimum atomic E-state index is -0.658. The van der Waals surface area contributed by atoms with Crippen LogP contribution in [0.4, 0.5) is 14.5 Å². The topological polar surface area (TPSA) is 32.3 Å². The quantitative estimate of drug-likeness (QED) is 0.896. The zero-order valence-corrected chi connectivity index (χ0v) is 10.8. The number of benzene rings is 2. The molecule has 5 heteroatoms. The lowest BCUT2D eigenvalue weighted by atomic mass is 10.2. The average Bonchev–Trinajstić information content (AvgIpc) is 2.35. The van der Waals surface area contributed by atoms with Gasteiger partial charge in [-0.3, -0.25) is 0 Å². The molecule has 2 N–H and O–H groups in total. The summed E-state index contributed by atoms with van der Waals surface area (Å²) < 4.78 is 26.4. The highest BCUT2D eigenvalue weighted by molar-refractivity contribution is 9.10. The molecule has 0 aliphatic heterocycles. The molecule has 0 heterocycles. The first-order chi connectivity index (χ1) is 8.58. The molecule has 2 rings (SSSR count). The van der Waals surface area contributed by atoms with Gasteiger partial charge in [-0.25, -0.2) is 8.78 Å². The molecule has 0 unspecified atom stereocenters. The first-order valence-electron chi connectivity index (χ1n) is 5.23. The van der Waals surface area contributed by atoms with Crippen LogP contribution < -0.4 is 5.32 Å². The second-order valence-electron chi connectivity index (χ2n) is 3.73. The highest BCUT2D eigenvalue weighted by Crippen LogP contribution is 2.23. The lowest BCUT2D eigenvalue weighted by molar-refractivity contribution is 0.427. The summed E-state index contributed by atoms with van der Waals surface area (Å²) in [4.78, 5) is 0. The Morgan fingerprint density at radius 1 is 1.11 bits per heavy atom. The summed E-state index contributed by atoms with van der Waals surface area (Å²) in [6.07, 6.45) is 0. The van der Waals surface area contributed by atoms with Gasteiger partial charge in [0.1, 0.15) is 5.82 Å². The number of hydrogen-bond acceptors (Lipinski definition) is 2. The third-order valence-electron chi connectivity index (χ3n) is 2.47. The Balaban J connectivity index is 2.11. The number of para-hydroxylation sites is 1. The average molecular weight is 314 g/mol. The molecule has 0 aliphatic carbocycles. The van der Waals surface area contributed by atoms with E-state index in [1.165, 1.54) is 18.2 Å². The van der Waals surface area contributed by atoms with Gasteiger partial charge in [-0.1, -0.05) is 12.1 Å². The molecular formula is C13H10BrF2NO. The molecule has 0 radical (unpaired) electrons. The summed E-state index contributed by atoms with van der Waals surface area (Å²) in [6, 6.07) is 8.78. The van der Waals surface area contributed by atoms with Crippen molar-refractivity contribution in [3.8, 4) is 5.75 Å². The van der Waals surface area contributed by atoms with Crippen molar-refractivity contribution < 1.29 is 13.9 Å². The molecule has 0 aliphatic rings. The highest BCUT2D eigenvalue weighted by atomic mass is 79.9. The zero-order valence-electron chi connectivity index (χ0n) is 9.25. The predicted molar refractivity (Wildman–Crippen MR) is 69.5 cm³/mol. The number of phenolic OH excluding ortho intramolecular Hbond substituents is 1. The van der Waals surface area contributed by atoms with Gasteiger partial charge < -0.3 is 10.4 Å². The van der Waals surface area contributed by atoms with Crippen LogP contribution in [0.25, 0.3) is 0 Å². The van der Waals surface area contributed by atoms with E-state index in [1.807, 2.05) is 0 Å². The minimum absolute atomic E-state index is 0.252. The van der Waals surface area contributed by atoms with E-state index in [4.69, 9.17) is 0 Å². The first-order valence-corrected chi connectivity index (χ1v) is 6.02. The Bertz CT molecular complexity index is 575. The minimum Gasteiger partial charge on any atom is -0.505 e. The van der Waals surface area contributed by atoms with Crippen molar-refractivity contribution in [3.63, 3.8) is 0 Å². The maximum absolute atomic E-state index is 13.1. The van der Waals surface area contributed by atoms with Gasteiger partial charge in [-0.15, -0.1) is 0 Å². The largest absolute Gasteiger partial charge is 0.505 e. The molecule has 0 aromatic heterocycles. The second-order valence-corrected chi connectivity index (χ2v) is 4.58. The number of hydrogen-bond donors (Lipinski definition) is 2. The van der Waals surface area contributed by atoms with Crippen LogP contribution >= 0.6 is 15.9 Å². The molecule has 0 amide bonds. The van der Waals surface area contributed by atoms with Crippen molar-refractivity contribution in [1.29, 1.82) is 0 Å². The molecule has 2 aromatic carbocycles. The summed E-state index contributed by atoms with van der Waals surface area (Å²) in [5.74, 6) is -1.38. The Morgan fingerprint density at radius 2 is 1.89 bits per heavy atom. The van der Waals surface area contributed by atoms with Crippen LogP contribution in [-0.2, 0) is 6.54 Å². The molecule has 0 bridgehead atoms. The van der Waals surface area contributed by atoms with Crippen molar-refractivity contribution in [2.24, 2.45) is 0 Å². The Morgan fingerprint density at radius 3 is 2.61 bits per heavy atom. The van der Waals surface area contributed by atoms with Crippen molar-refractivity contribution in [2.75, 3.05) is 5.32 Å². The van der Waals surface area contributed by atoms with Gasteiger partial charge in [0.05, 0.1) is 4.47 Å². The van der Waals surface area contributed by atoms with E-state index in [2.05, 4.69) is 21.2 Å². The maximum atomic E-state index is 13.1. The van der Waals surface area contributed by atoms with Crippen LogP contribution in [-0.4, -0.2) is 5.11 Å². The van der Waals surface area contributed by atoms with Crippen LogP contribution in [0, 0.1) is 11.6 Å². The number of aromatic hydroxyl groups is 1. The monoisotopic (exact) mass is 313 g/mol. The SMILES string of the molecule is Oc1c(F)cccc1CNc1ccc(F)c(Br)c1. The molecular weight excluding hydrogens is 304 g/mol. The first kappa shape index (κ1) is 12.8. The van der Waals surface area contributed by atoms with Gasteiger partial charge in [0, 0.05) is 17.8 Å². The Hall–Kier alpha value is -1.62. The second kappa shape index (κ2) is 5.35. The van der Waals surface area contributed by atoms with Crippen molar-refractivity contribution >= 4 is 21.6 Å². The summed E-state index contributed by atoms with van der Waals surface area (Å²) in [5.41, 5.74) is 1.11. The fraction of sp³-hybridized carbons (Fsp3) is 0.0769. The molecule has 0 fully saturated rings. The molecule has 0 atom stereocenters. The molecule has 2 nitrogen and oxygen atoms in total. The predicted octanol–water partition coefficient (Wildman–Crippen LogP) is 4.05. The summed E-state index contributed by atoms with van der Waals surface area (Å²) in [6.45, 7) is 0.252. The van der Waals surface area contributed by atoms with E-state index in [0.717, 1.165) is 0 Å². The van der Waals surface area contributed by atoms with Crippen LogP contribution in [0.5, 0.6) is 5.75 Å². The van der Waals surface area contributed by atoms with Crippen molar-refractivity contribution in [1.82, 2.24) is 0 Å². The summed E-state index contributed by atoms with van der Waals surface area (Å²) in [5, 5.41) is 12.5. The van der Waals surface area contributed by atoms with Crippen molar-refractivity contribution in [2.45, 2.75) is 6.54 Å². The van der Waals surface area contributed by atoms with Crippen LogP contribution in [0.15, 0.2) is 40.9 Å². The van der Waals surface area contributed by atoms with Gasteiger partial charge in [0.15, 0.2) is 11.6 Å². The van der Waals surface area contributed by atoms with E-state index in [1.54, 1.807) is 18.2 Å². The molecule has 0 spiro atoms. The molecule has 18 heavy (non-hydrogen) atoms. The van der Waals surface area contributed by atoms with E-state index in [0.29, 0.717) is 15.7 Å². The third-order valence-corrected chi connectivity index (χ3v) is 3.08. The zero-order chi connectivity index (χ0) is 13.1. The standard InChI is InChI=1S/C13H10BrF2NO/c14-10-6-9(4-5-11(10)15)17-7-8-2-1-3-12(16)13(8)18/h1-6,17-18H,7H2. The maximum Gasteiger partial charge on any atom is 0.165 e. The van der Waals surface area contributed by atoms with Gasteiger partial charge in [-0.05, 0) is 40.2 Å². The van der Waals surface area contributed by atoms with Crippen LogP contribution in [0.2, 0.25) is 0 Å². The smallest absolute Gasteiger partial charge is 0.165 e. The van der Waals surface area contributed by atoms with Gasteiger partial charge in [0.25, 0.3) is 0 Å². The lowest BCUT2D eigenvalue weighted by Crippen LogP contribution is -2.00. The van der Waals surface area contributed by atoms with Crippen molar-refractivity contribution in [3.05, 3.63) is 58.1 Å². The van der Waals surface area contributed by atoms with Crippen LogP contribution in [0.1, 0.15) is 5.56 Å². The Kier molecular flexibility index (Phi) is 3.81. The molecule has 2 aromatic rings. The van der Waals surface area contributed by atoms with E-state index in [9.17, 15) is 13.9 Å². The summed E-state index contributed by atoms with van der Waals surface area (Å²) >= 11 is 3.07. The fourth-order valence-corrected chi connectivity index (χ4v) is 1.88. The molecule has 0 saturated carbocycles. The number of anilines is 1. The lowest BCUT2D eigenvalue weighted by Gasteiger charge is -2.09. The fourth-order valence-electron chi connectivity index (χ4n) is 1.51. The van der Waals surface area contributed by atoms with Gasteiger partial charge in [0.2, 0.25) is 0 Å². The number of rotatable bonds is 3. The van der Waals surface area contributed by atoms with Gasteiger partial charge in [-0.2, -0.15) is 0 Å². The van der Waals surface area contributed by atoms with E-state index >= 15 is 0 Å². The number of halogens is 3. The van der Waals surface area contributed by atoms with E-state index in [-0.39, 0.29) is 18.1 Å². The van der Waals surface area contributed by atoms with E-state index < -0.39 is 5.82 Å². The highest BCUT2D eigenvalue weighted by Gasteiger charge is 2.06.